The summed E-state index contributed by atoms with van der Waals surface area (Å²) in [4.78, 5) is 5.45. The monoisotopic (exact) mass is 219 g/mol. The van der Waals surface area contributed by atoms with Crippen LogP contribution in [0.4, 0.5) is 0 Å². The molecular formula is C9H13N7. The van der Waals surface area contributed by atoms with Gasteiger partial charge in [-0.1, -0.05) is 10.2 Å². The highest BCUT2D eigenvalue weighted by Crippen LogP contribution is 2.14. The molecule has 0 N–H and O–H groups in total. The van der Waals surface area contributed by atoms with Crippen LogP contribution in [0.1, 0.15) is 18.9 Å². The molecule has 0 aliphatic carbocycles. The molecule has 0 saturated heterocycles. The number of azide groups is 2. The van der Waals surface area contributed by atoms with Crippen molar-refractivity contribution in [2.45, 2.75) is 18.9 Å². The summed E-state index contributed by atoms with van der Waals surface area (Å²) in [5.74, 6) is 0. The Morgan fingerprint density at radius 1 is 1.12 bits per heavy atom. The Balaban J connectivity index is 2.50. The summed E-state index contributed by atoms with van der Waals surface area (Å²) in [6.07, 6.45) is 5.48. The quantitative estimate of drug-likeness (QED) is 0.290. The van der Waals surface area contributed by atoms with Crippen LogP contribution in [0.3, 0.4) is 0 Å². The minimum Gasteiger partial charge on any atom is -0.351 e. The minimum atomic E-state index is 0.139. The second kappa shape index (κ2) is 7.23. The Labute approximate surface area is 92.9 Å². The van der Waals surface area contributed by atoms with E-state index in [1.807, 2.05) is 29.1 Å². The van der Waals surface area contributed by atoms with Crippen LogP contribution in [0.25, 0.3) is 20.9 Å². The molecule has 0 amide bonds. The first kappa shape index (κ1) is 12.0. The highest BCUT2D eigenvalue weighted by Gasteiger charge is 2.07. The van der Waals surface area contributed by atoms with Crippen LogP contribution < -0.4 is 0 Å². The van der Waals surface area contributed by atoms with Crippen molar-refractivity contribution >= 4 is 0 Å². The van der Waals surface area contributed by atoms with Gasteiger partial charge in [-0.05, 0) is 36.0 Å². The van der Waals surface area contributed by atoms with Gasteiger partial charge in [0.1, 0.15) is 0 Å². The minimum absolute atomic E-state index is 0.139. The first-order chi connectivity index (χ1) is 7.88. The summed E-state index contributed by atoms with van der Waals surface area (Å²) in [5, 5.41) is 7.06. The second-order valence-corrected chi connectivity index (χ2v) is 3.29. The molecule has 0 spiro atoms. The summed E-state index contributed by atoms with van der Waals surface area (Å²) in [6.45, 7) is 0.895. The SMILES string of the molecule is [N-]=[N+]=NCCC[C@@H](CN=[N+]=[N-])n1cccc1. The van der Waals surface area contributed by atoms with Crippen LogP contribution in [0, 0.1) is 0 Å². The summed E-state index contributed by atoms with van der Waals surface area (Å²) in [7, 11) is 0. The summed E-state index contributed by atoms with van der Waals surface area (Å²) in [6, 6.07) is 3.99. The molecule has 0 aromatic carbocycles. The molecule has 0 aliphatic rings. The third-order valence-electron chi connectivity index (χ3n) is 2.26. The first-order valence-corrected chi connectivity index (χ1v) is 5.02. The molecule has 84 valence electrons. The van der Waals surface area contributed by atoms with Crippen molar-refractivity contribution < 1.29 is 0 Å². The van der Waals surface area contributed by atoms with Crippen molar-refractivity contribution in [1.29, 1.82) is 0 Å². The molecule has 1 aromatic heterocycles. The third kappa shape index (κ3) is 3.96. The van der Waals surface area contributed by atoms with Crippen LogP contribution in [-0.4, -0.2) is 17.7 Å². The van der Waals surface area contributed by atoms with Crippen molar-refractivity contribution in [3.63, 3.8) is 0 Å². The van der Waals surface area contributed by atoms with Gasteiger partial charge in [-0.25, -0.2) is 0 Å². The Kier molecular flexibility index (Phi) is 5.41. The smallest absolute Gasteiger partial charge is 0.0466 e. The molecule has 16 heavy (non-hydrogen) atoms. The van der Waals surface area contributed by atoms with Crippen molar-refractivity contribution in [1.82, 2.24) is 4.57 Å². The fourth-order valence-corrected chi connectivity index (χ4v) is 1.50. The molecule has 0 radical (unpaired) electrons. The van der Waals surface area contributed by atoms with Crippen molar-refractivity contribution in [2.24, 2.45) is 10.2 Å². The van der Waals surface area contributed by atoms with Gasteiger partial charge in [0.2, 0.25) is 0 Å². The lowest BCUT2D eigenvalue weighted by molar-refractivity contribution is 0.464. The molecule has 0 bridgehead atoms. The zero-order valence-electron chi connectivity index (χ0n) is 8.85. The van der Waals surface area contributed by atoms with E-state index in [-0.39, 0.29) is 6.04 Å². The van der Waals surface area contributed by atoms with Crippen LogP contribution in [0.2, 0.25) is 0 Å². The second-order valence-electron chi connectivity index (χ2n) is 3.29. The van der Waals surface area contributed by atoms with Crippen LogP contribution >= 0.6 is 0 Å². The molecule has 1 rings (SSSR count). The Bertz CT molecular complexity index is 384. The fourth-order valence-electron chi connectivity index (χ4n) is 1.50. The van der Waals surface area contributed by atoms with Crippen LogP contribution in [0.15, 0.2) is 34.8 Å². The molecule has 0 unspecified atom stereocenters. The van der Waals surface area contributed by atoms with Gasteiger partial charge in [-0.2, -0.15) is 0 Å². The van der Waals surface area contributed by atoms with E-state index in [1.165, 1.54) is 0 Å². The lowest BCUT2D eigenvalue weighted by Gasteiger charge is -2.15. The third-order valence-corrected chi connectivity index (χ3v) is 2.26. The average Bonchev–Trinajstić information content (AvgIpc) is 2.82. The number of aromatic nitrogens is 1. The van der Waals surface area contributed by atoms with Gasteiger partial charge in [-0.3, -0.25) is 0 Å². The van der Waals surface area contributed by atoms with E-state index in [4.69, 9.17) is 11.1 Å². The predicted molar refractivity (Wildman–Crippen MR) is 60.7 cm³/mol. The number of nitrogens with zero attached hydrogens (tertiary/aromatic N) is 7. The number of rotatable bonds is 7. The molecule has 7 heteroatoms. The molecular weight excluding hydrogens is 206 g/mol. The van der Waals surface area contributed by atoms with Gasteiger partial charge < -0.3 is 4.57 Å². The lowest BCUT2D eigenvalue weighted by Crippen LogP contribution is -2.10. The fraction of sp³-hybridized carbons (Fsp3) is 0.556. The number of hydrogen-bond donors (Lipinski definition) is 0. The van der Waals surface area contributed by atoms with E-state index in [0.29, 0.717) is 13.1 Å². The first-order valence-electron chi connectivity index (χ1n) is 5.02. The standard InChI is InChI=1S/C9H13N7/c10-14-12-5-3-4-9(8-13-15-11)16-6-1-2-7-16/h1-2,6-7,9H,3-5,8H2/t9-/m0/s1. The maximum Gasteiger partial charge on any atom is 0.0466 e. The van der Waals surface area contributed by atoms with E-state index in [9.17, 15) is 0 Å². The highest BCUT2D eigenvalue weighted by atomic mass is 15.2. The normalized spacial score (nSPS) is 11.2. The lowest BCUT2D eigenvalue weighted by atomic mass is 10.1. The summed E-state index contributed by atoms with van der Waals surface area (Å²) < 4.78 is 2.00. The van der Waals surface area contributed by atoms with Crippen LogP contribution in [-0.2, 0) is 0 Å². The number of hydrogen-bond acceptors (Lipinski definition) is 2. The van der Waals surface area contributed by atoms with Crippen molar-refractivity contribution in [3.8, 4) is 0 Å². The molecule has 7 nitrogen and oxygen atoms in total. The zero-order valence-corrected chi connectivity index (χ0v) is 8.85. The van der Waals surface area contributed by atoms with Gasteiger partial charge in [0.25, 0.3) is 0 Å². The maximum absolute atomic E-state index is 8.30. The van der Waals surface area contributed by atoms with Crippen molar-refractivity contribution in [3.05, 3.63) is 45.4 Å². The van der Waals surface area contributed by atoms with Gasteiger partial charge in [0.15, 0.2) is 0 Å². The Hall–Kier alpha value is -2.10. The Morgan fingerprint density at radius 2 is 1.81 bits per heavy atom. The highest BCUT2D eigenvalue weighted by molar-refractivity contribution is 4.93. The van der Waals surface area contributed by atoms with Gasteiger partial charge in [0, 0.05) is 41.3 Å². The van der Waals surface area contributed by atoms with E-state index >= 15 is 0 Å². The summed E-state index contributed by atoms with van der Waals surface area (Å²) in [5.41, 5.74) is 16.4. The average molecular weight is 219 g/mol. The van der Waals surface area contributed by atoms with Gasteiger partial charge in [-0.15, -0.1) is 0 Å². The molecule has 1 aromatic rings. The largest absolute Gasteiger partial charge is 0.351 e. The van der Waals surface area contributed by atoms with Crippen LogP contribution in [0.5, 0.6) is 0 Å². The van der Waals surface area contributed by atoms with E-state index in [0.717, 1.165) is 12.8 Å². The zero-order chi connectivity index (χ0) is 11.6. The molecule has 0 aliphatic heterocycles. The van der Waals surface area contributed by atoms with E-state index in [2.05, 4.69) is 20.1 Å². The molecule has 0 saturated carbocycles. The van der Waals surface area contributed by atoms with Gasteiger partial charge in [0.05, 0.1) is 0 Å². The maximum atomic E-state index is 8.30. The molecule has 0 fully saturated rings. The van der Waals surface area contributed by atoms with E-state index in [1.54, 1.807) is 0 Å². The molecule has 1 heterocycles. The predicted octanol–water partition coefficient (Wildman–Crippen LogP) is 3.43. The van der Waals surface area contributed by atoms with Crippen molar-refractivity contribution in [2.75, 3.05) is 13.1 Å². The van der Waals surface area contributed by atoms with Gasteiger partial charge >= 0.3 is 0 Å². The summed E-state index contributed by atoms with van der Waals surface area (Å²) >= 11 is 0. The van der Waals surface area contributed by atoms with E-state index < -0.39 is 0 Å². The molecule has 1 atom stereocenters. The topological polar surface area (TPSA) is 102 Å². The Morgan fingerprint density at radius 3 is 2.44 bits per heavy atom.